The van der Waals surface area contributed by atoms with Crippen LogP contribution in [0, 0.1) is 0 Å². The number of allylic oxidation sites excluding steroid dienone is 8. The van der Waals surface area contributed by atoms with E-state index in [9.17, 15) is 4.21 Å². The molecule has 1 aromatic carbocycles. The first kappa shape index (κ1) is 19.6. The quantitative estimate of drug-likeness (QED) is 0.559. The largest absolute Gasteiger partial charge is 0.265 e. The van der Waals surface area contributed by atoms with E-state index in [2.05, 4.69) is 26.3 Å². The summed E-state index contributed by atoms with van der Waals surface area (Å²) in [5.41, 5.74) is 1.34. The van der Waals surface area contributed by atoms with E-state index in [1.165, 1.54) is 0 Å². The number of fused-ring (bicyclic) bond motifs is 1. The molecule has 3 heteroatoms. The van der Waals surface area contributed by atoms with Crippen molar-refractivity contribution in [1.29, 1.82) is 0 Å². The third-order valence-electron chi connectivity index (χ3n) is 3.88. The molecular formula is C23H22O2S. The molecule has 0 saturated carbocycles. The number of rotatable bonds is 8. The Balaban J connectivity index is 2.89. The van der Waals surface area contributed by atoms with E-state index in [0.717, 1.165) is 16.7 Å². The standard InChI is InChI=1S/C23H22O2S/c1-5-9-15-19(13-7-3)23(20(14-8-4)16-10-6-2)21-17-11-12-18-22(21)26(24)25-23/h5-18H,1-4H2/b15-9-,16-10-,19-13+,20-14+. The normalized spacial score (nSPS) is 23.2. The molecule has 1 heterocycles. The third-order valence-corrected chi connectivity index (χ3v) is 4.99. The predicted molar refractivity (Wildman–Crippen MR) is 111 cm³/mol. The monoisotopic (exact) mass is 362 g/mol. The first-order valence-corrected chi connectivity index (χ1v) is 9.18. The molecule has 0 aliphatic carbocycles. The van der Waals surface area contributed by atoms with Crippen LogP contribution >= 0.6 is 0 Å². The molecule has 0 fully saturated rings. The summed E-state index contributed by atoms with van der Waals surface area (Å²) in [6.07, 6.45) is 17.8. The van der Waals surface area contributed by atoms with Crippen LogP contribution < -0.4 is 0 Å². The third kappa shape index (κ3) is 3.59. The van der Waals surface area contributed by atoms with Crippen LogP contribution in [0.15, 0.2) is 127 Å². The van der Waals surface area contributed by atoms with E-state index in [0.29, 0.717) is 4.90 Å². The second kappa shape index (κ2) is 9.09. The van der Waals surface area contributed by atoms with Crippen molar-refractivity contribution in [3.05, 3.63) is 128 Å². The molecule has 1 aliphatic rings. The van der Waals surface area contributed by atoms with Crippen molar-refractivity contribution >= 4 is 11.1 Å². The molecule has 1 aromatic rings. The van der Waals surface area contributed by atoms with Crippen LogP contribution in [-0.2, 0) is 20.9 Å². The zero-order valence-electron chi connectivity index (χ0n) is 14.6. The lowest BCUT2D eigenvalue weighted by atomic mass is 9.78. The Hall–Kier alpha value is -2.75. The smallest absolute Gasteiger partial charge is 0.191 e. The first-order valence-electron chi connectivity index (χ1n) is 8.11. The minimum atomic E-state index is -1.60. The molecule has 0 radical (unpaired) electrons. The maximum Gasteiger partial charge on any atom is 0.191 e. The summed E-state index contributed by atoms with van der Waals surface area (Å²) in [5, 5.41) is 0. The first-order chi connectivity index (χ1) is 12.6. The average Bonchev–Trinajstić information content (AvgIpc) is 2.96. The van der Waals surface area contributed by atoms with Crippen molar-refractivity contribution in [3.8, 4) is 0 Å². The Morgan fingerprint density at radius 1 is 0.885 bits per heavy atom. The van der Waals surface area contributed by atoms with Gasteiger partial charge in [-0.1, -0.05) is 105 Å². The minimum absolute atomic E-state index is 0.649. The Labute approximate surface area is 158 Å². The molecule has 132 valence electrons. The van der Waals surface area contributed by atoms with Crippen molar-refractivity contribution in [2.24, 2.45) is 0 Å². The second-order valence-electron chi connectivity index (χ2n) is 5.40. The number of hydrogen-bond acceptors (Lipinski definition) is 2. The predicted octanol–water partition coefficient (Wildman–Crippen LogP) is 5.64. The van der Waals surface area contributed by atoms with Gasteiger partial charge in [-0.25, -0.2) is 4.21 Å². The molecule has 2 nitrogen and oxygen atoms in total. The summed E-state index contributed by atoms with van der Waals surface area (Å²) in [6.45, 7) is 15.1. The van der Waals surface area contributed by atoms with Crippen molar-refractivity contribution in [1.82, 2.24) is 0 Å². The van der Waals surface area contributed by atoms with E-state index >= 15 is 0 Å². The number of hydrogen-bond donors (Lipinski definition) is 0. The van der Waals surface area contributed by atoms with Gasteiger partial charge in [-0.15, -0.1) is 0 Å². The van der Waals surface area contributed by atoms with Crippen LogP contribution in [0.4, 0.5) is 0 Å². The summed E-state index contributed by atoms with van der Waals surface area (Å²) < 4.78 is 18.9. The maximum atomic E-state index is 12.7. The highest BCUT2D eigenvalue weighted by Crippen LogP contribution is 2.50. The highest BCUT2D eigenvalue weighted by atomic mass is 32.2. The van der Waals surface area contributed by atoms with E-state index in [4.69, 9.17) is 4.18 Å². The molecular weight excluding hydrogens is 340 g/mol. The topological polar surface area (TPSA) is 26.3 Å². The van der Waals surface area contributed by atoms with Gasteiger partial charge >= 0.3 is 0 Å². The fraction of sp³-hybridized carbons (Fsp3) is 0.0435. The average molecular weight is 362 g/mol. The highest BCUT2D eigenvalue weighted by Gasteiger charge is 2.48. The van der Waals surface area contributed by atoms with Gasteiger partial charge in [0, 0.05) is 5.56 Å². The summed E-state index contributed by atoms with van der Waals surface area (Å²) in [7, 11) is 0. The van der Waals surface area contributed by atoms with Crippen molar-refractivity contribution in [3.63, 3.8) is 0 Å². The van der Waals surface area contributed by atoms with Gasteiger partial charge < -0.3 is 0 Å². The molecule has 0 spiro atoms. The molecule has 1 aliphatic heterocycles. The minimum Gasteiger partial charge on any atom is -0.265 e. The Bertz CT molecular complexity index is 826. The van der Waals surface area contributed by atoms with Crippen molar-refractivity contribution in [2.75, 3.05) is 0 Å². The molecule has 2 rings (SSSR count). The summed E-state index contributed by atoms with van der Waals surface area (Å²) in [5.74, 6) is 0. The zero-order chi connectivity index (χ0) is 19.0. The van der Waals surface area contributed by atoms with Gasteiger partial charge in [0.15, 0.2) is 16.7 Å². The van der Waals surface area contributed by atoms with Gasteiger partial charge in [0.1, 0.15) is 0 Å². The van der Waals surface area contributed by atoms with Crippen LogP contribution in [0.3, 0.4) is 0 Å². The molecule has 1 atom stereocenters. The van der Waals surface area contributed by atoms with E-state index in [1.54, 1.807) is 24.3 Å². The summed E-state index contributed by atoms with van der Waals surface area (Å²) in [6, 6.07) is 7.50. The molecule has 0 bridgehead atoms. The van der Waals surface area contributed by atoms with Crippen molar-refractivity contribution < 1.29 is 8.39 Å². The Morgan fingerprint density at radius 2 is 1.42 bits per heavy atom. The lowest BCUT2D eigenvalue weighted by molar-refractivity contribution is 0.191. The van der Waals surface area contributed by atoms with Crippen molar-refractivity contribution in [2.45, 2.75) is 10.5 Å². The van der Waals surface area contributed by atoms with Gasteiger partial charge in [-0.05, 0) is 17.2 Å². The van der Waals surface area contributed by atoms with Gasteiger partial charge in [0.05, 0.1) is 4.90 Å². The fourth-order valence-electron chi connectivity index (χ4n) is 2.86. The fourth-order valence-corrected chi connectivity index (χ4v) is 4.04. The lowest BCUT2D eigenvalue weighted by Crippen LogP contribution is -2.30. The van der Waals surface area contributed by atoms with E-state index in [-0.39, 0.29) is 0 Å². The lowest BCUT2D eigenvalue weighted by Gasteiger charge is -2.31. The van der Waals surface area contributed by atoms with Crippen LogP contribution in [0.5, 0.6) is 0 Å². The molecule has 0 aromatic heterocycles. The Morgan fingerprint density at radius 3 is 1.92 bits per heavy atom. The second-order valence-corrected chi connectivity index (χ2v) is 6.48. The maximum absolute atomic E-state index is 12.7. The van der Waals surface area contributed by atoms with Crippen LogP contribution in [0.2, 0.25) is 0 Å². The Kier molecular flexibility index (Phi) is 6.84. The van der Waals surface area contributed by atoms with Gasteiger partial charge in [0.25, 0.3) is 0 Å². The summed E-state index contributed by atoms with van der Waals surface area (Å²) in [4.78, 5) is 0.649. The molecule has 26 heavy (non-hydrogen) atoms. The van der Waals surface area contributed by atoms with Crippen LogP contribution in [0.1, 0.15) is 5.56 Å². The molecule has 1 unspecified atom stereocenters. The van der Waals surface area contributed by atoms with Gasteiger partial charge in [-0.2, -0.15) is 0 Å². The highest BCUT2D eigenvalue weighted by molar-refractivity contribution is 7.80. The van der Waals surface area contributed by atoms with E-state index < -0.39 is 16.7 Å². The number of benzene rings is 1. The van der Waals surface area contributed by atoms with Gasteiger partial charge in [0.2, 0.25) is 0 Å². The zero-order valence-corrected chi connectivity index (χ0v) is 15.5. The van der Waals surface area contributed by atoms with E-state index in [1.807, 2.05) is 60.7 Å². The van der Waals surface area contributed by atoms with Crippen LogP contribution in [0.25, 0.3) is 0 Å². The van der Waals surface area contributed by atoms with Crippen LogP contribution in [-0.4, -0.2) is 4.21 Å². The van der Waals surface area contributed by atoms with Gasteiger partial charge in [-0.3, -0.25) is 4.18 Å². The summed E-state index contributed by atoms with van der Waals surface area (Å²) >= 11 is -1.60. The molecule has 0 amide bonds. The molecule has 0 saturated heterocycles. The molecule has 0 N–H and O–H groups in total. The SMILES string of the molecule is C=C/C=C\C(=C/C=C)C1(C(/C=C\C=C)=C/C=C)OS(=O)c2ccccc21.